The molecular formula is C18H21NOS. The molecule has 1 aliphatic rings. The van der Waals surface area contributed by atoms with Crippen molar-refractivity contribution in [1.29, 1.82) is 0 Å². The van der Waals surface area contributed by atoms with E-state index in [-0.39, 0.29) is 6.04 Å². The fraction of sp³-hybridized carbons (Fsp3) is 0.333. The monoisotopic (exact) mass is 299 g/mol. The van der Waals surface area contributed by atoms with E-state index in [0.717, 1.165) is 11.5 Å². The van der Waals surface area contributed by atoms with Crippen LogP contribution in [0, 0.1) is 0 Å². The molecule has 2 nitrogen and oxygen atoms in total. The molecule has 110 valence electrons. The lowest BCUT2D eigenvalue weighted by atomic mass is 9.94. The standard InChI is InChI=1S/C18H21NOS/c1-13(11-12-21-2)19-18-14-7-3-5-9-16(14)20-17-10-6-4-8-15(17)18/h3-10,13,18-19H,11-12H2,1-2H3. The third kappa shape index (κ3) is 3.09. The molecule has 21 heavy (non-hydrogen) atoms. The summed E-state index contributed by atoms with van der Waals surface area (Å²) in [5, 5.41) is 3.77. The highest BCUT2D eigenvalue weighted by atomic mass is 32.2. The van der Waals surface area contributed by atoms with E-state index in [4.69, 9.17) is 4.74 Å². The lowest BCUT2D eigenvalue weighted by Gasteiger charge is -2.31. The van der Waals surface area contributed by atoms with Gasteiger partial charge in [0, 0.05) is 17.2 Å². The Morgan fingerprint density at radius 3 is 2.19 bits per heavy atom. The van der Waals surface area contributed by atoms with Crippen molar-refractivity contribution >= 4 is 11.8 Å². The third-order valence-corrected chi connectivity index (χ3v) is 4.53. The van der Waals surface area contributed by atoms with Gasteiger partial charge in [-0.25, -0.2) is 0 Å². The molecule has 1 heterocycles. The smallest absolute Gasteiger partial charge is 0.132 e. The zero-order chi connectivity index (χ0) is 14.7. The number of benzene rings is 2. The Kier molecular flexibility index (Phi) is 4.51. The van der Waals surface area contributed by atoms with Gasteiger partial charge < -0.3 is 10.1 Å². The molecule has 1 N–H and O–H groups in total. The molecule has 2 aromatic carbocycles. The molecule has 2 aromatic rings. The van der Waals surface area contributed by atoms with Crippen LogP contribution in [-0.2, 0) is 0 Å². The van der Waals surface area contributed by atoms with Crippen LogP contribution in [0.2, 0.25) is 0 Å². The minimum Gasteiger partial charge on any atom is -0.457 e. The number of rotatable bonds is 5. The highest BCUT2D eigenvalue weighted by Gasteiger charge is 2.27. The van der Waals surface area contributed by atoms with Gasteiger partial charge in [-0.1, -0.05) is 36.4 Å². The molecule has 3 rings (SSSR count). The number of fused-ring (bicyclic) bond motifs is 2. The van der Waals surface area contributed by atoms with E-state index >= 15 is 0 Å². The van der Waals surface area contributed by atoms with E-state index in [2.05, 4.69) is 42.8 Å². The van der Waals surface area contributed by atoms with Crippen molar-refractivity contribution in [3.63, 3.8) is 0 Å². The number of nitrogens with one attached hydrogen (secondary N) is 1. The van der Waals surface area contributed by atoms with Crippen LogP contribution < -0.4 is 10.1 Å². The van der Waals surface area contributed by atoms with Gasteiger partial charge in [-0.3, -0.25) is 0 Å². The number of thioether (sulfide) groups is 1. The molecule has 0 bridgehead atoms. The second-order valence-electron chi connectivity index (χ2n) is 5.46. The van der Waals surface area contributed by atoms with Crippen molar-refractivity contribution in [2.45, 2.75) is 25.4 Å². The predicted octanol–water partition coefficient (Wildman–Crippen LogP) is 4.61. The van der Waals surface area contributed by atoms with Crippen molar-refractivity contribution in [2.24, 2.45) is 0 Å². The van der Waals surface area contributed by atoms with Gasteiger partial charge >= 0.3 is 0 Å². The molecule has 0 aliphatic carbocycles. The fourth-order valence-corrected chi connectivity index (χ4v) is 3.34. The summed E-state index contributed by atoms with van der Waals surface area (Å²) >= 11 is 1.90. The summed E-state index contributed by atoms with van der Waals surface area (Å²) < 4.78 is 6.03. The predicted molar refractivity (Wildman–Crippen MR) is 90.4 cm³/mol. The SMILES string of the molecule is CSCCC(C)NC1c2ccccc2Oc2ccccc21. The van der Waals surface area contributed by atoms with Crippen LogP contribution in [0.25, 0.3) is 0 Å². The second-order valence-corrected chi connectivity index (χ2v) is 6.45. The highest BCUT2D eigenvalue weighted by Crippen LogP contribution is 2.42. The van der Waals surface area contributed by atoms with E-state index in [1.54, 1.807) is 0 Å². The minimum absolute atomic E-state index is 0.211. The first kappa shape index (κ1) is 14.5. The molecule has 0 aromatic heterocycles. The lowest BCUT2D eigenvalue weighted by molar-refractivity contribution is 0.408. The number of para-hydroxylation sites is 2. The molecule has 3 heteroatoms. The summed E-state index contributed by atoms with van der Waals surface area (Å²) in [6.07, 6.45) is 3.33. The molecule has 0 saturated carbocycles. The molecule has 1 aliphatic heterocycles. The van der Waals surface area contributed by atoms with Crippen molar-refractivity contribution in [3.05, 3.63) is 59.7 Å². The normalized spacial score (nSPS) is 15.0. The summed E-state index contributed by atoms with van der Waals surface area (Å²) in [6, 6.07) is 17.3. The second kappa shape index (κ2) is 6.54. The average molecular weight is 299 g/mol. The summed E-state index contributed by atoms with van der Waals surface area (Å²) in [5.41, 5.74) is 2.46. The Morgan fingerprint density at radius 2 is 1.62 bits per heavy atom. The zero-order valence-electron chi connectivity index (χ0n) is 12.5. The first-order valence-electron chi connectivity index (χ1n) is 7.40. The van der Waals surface area contributed by atoms with E-state index in [1.807, 2.05) is 36.0 Å². The van der Waals surface area contributed by atoms with Gasteiger partial charge in [0.2, 0.25) is 0 Å². The largest absolute Gasteiger partial charge is 0.457 e. The van der Waals surface area contributed by atoms with Gasteiger partial charge in [-0.05, 0) is 37.5 Å². The van der Waals surface area contributed by atoms with Crippen LogP contribution in [0.15, 0.2) is 48.5 Å². The first-order valence-corrected chi connectivity index (χ1v) is 8.79. The Labute approximate surface area is 130 Å². The number of hydrogen-bond acceptors (Lipinski definition) is 3. The third-order valence-electron chi connectivity index (χ3n) is 3.89. The topological polar surface area (TPSA) is 21.3 Å². The Bertz CT molecular complexity index is 568. The van der Waals surface area contributed by atoms with Gasteiger partial charge in [0.15, 0.2) is 0 Å². The zero-order valence-corrected chi connectivity index (χ0v) is 13.3. The molecule has 0 saturated heterocycles. The summed E-state index contributed by atoms with van der Waals surface area (Å²) in [5.74, 6) is 3.11. The van der Waals surface area contributed by atoms with Crippen molar-refractivity contribution in [2.75, 3.05) is 12.0 Å². The van der Waals surface area contributed by atoms with Crippen molar-refractivity contribution < 1.29 is 4.74 Å². The highest BCUT2D eigenvalue weighted by molar-refractivity contribution is 7.98. The van der Waals surface area contributed by atoms with Gasteiger partial charge in [-0.2, -0.15) is 11.8 Å². The van der Waals surface area contributed by atoms with E-state index in [0.29, 0.717) is 6.04 Å². The minimum atomic E-state index is 0.211. The van der Waals surface area contributed by atoms with Crippen LogP contribution >= 0.6 is 11.8 Å². The van der Waals surface area contributed by atoms with E-state index in [9.17, 15) is 0 Å². The lowest BCUT2D eigenvalue weighted by Crippen LogP contribution is -2.33. The maximum Gasteiger partial charge on any atom is 0.132 e. The van der Waals surface area contributed by atoms with Crippen LogP contribution in [0.4, 0.5) is 0 Å². The van der Waals surface area contributed by atoms with Crippen LogP contribution in [-0.4, -0.2) is 18.1 Å². The van der Waals surface area contributed by atoms with E-state index < -0.39 is 0 Å². The van der Waals surface area contributed by atoms with Crippen molar-refractivity contribution in [1.82, 2.24) is 5.32 Å². The summed E-state index contributed by atoms with van der Waals surface area (Å²) in [6.45, 7) is 2.26. The maximum absolute atomic E-state index is 6.03. The fourth-order valence-electron chi connectivity index (χ4n) is 2.75. The molecule has 1 atom stereocenters. The molecule has 0 amide bonds. The Hall–Kier alpha value is -1.45. The summed E-state index contributed by atoms with van der Waals surface area (Å²) in [7, 11) is 0. The summed E-state index contributed by atoms with van der Waals surface area (Å²) in [4.78, 5) is 0. The quantitative estimate of drug-likeness (QED) is 0.871. The van der Waals surface area contributed by atoms with Gasteiger partial charge in [0.05, 0.1) is 6.04 Å². The van der Waals surface area contributed by atoms with Crippen molar-refractivity contribution in [3.8, 4) is 11.5 Å². The van der Waals surface area contributed by atoms with Crippen LogP contribution in [0.1, 0.15) is 30.5 Å². The average Bonchev–Trinajstić information content (AvgIpc) is 2.52. The molecule has 1 unspecified atom stereocenters. The number of hydrogen-bond donors (Lipinski definition) is 1. The maximum atomic E-state index is 6.03. The van der Waals surface area contributed by atoms with Gasteiger partial charge in [0.25, 0.3) is 0 Å². The van der Waals surface area contributed by atoms with E-state index in [1.165, 1.54) is 23.3 Å². The van der Waals surface area contributed by atoms with Gasteiger partial charge in [0.1, 0.15) is 11.5 Å². The Morgan fingerprint density at radius 1 is 1.05 bits per heavy atom. The van der Waals surface area contributed by atoms with Gasteiger partial charge in [-0.15, -0.1) is 0 Å². The molecule has 0 spiro atoms. The molecule has 0 radical (unpaired) electrons. The Balaban J connectivity index is 1.91. The number of ether oxygens (including phenoxy) is 1. The first-order chi connectivity index (χ1) is 10.3. The molecular weight excluding hydrogens is 278 g/mol. The molecule has 0 fully saturated rings. The van der Waals surface area contributed by atoms with Crippen LogP contribution in [0.3, 0.4) is 0 Å². The van der Waals surface area contributed by atoms with Crippen LogP contribution in [0.5, 0.6) is 11.5 Å².